The van der Waals surface area contributed by atoms with Gasteiger partial charge in [-0.05, 0) is 6.08 Å². The van der Waals surface area contributed by atoms with E-state index in [0.29, 0.717) is 0 Å². The monoisotopic (exact) mass is 171 g/mol. The molecular weight excluding hydrogens is 157 g/mol. The third kappa shape index (κ3) is 2.55. The SMILES string of the molecule is CN=P(C)(C)OC1=CC=CC1. The van der Waals surface area contributed by atoms with Crippen LogP contribution in [0.4, 0.5) is 0 Å². The van der Waals surface area contributed by atoms with Crippen LogP contribution in [-0.4, -0.2) is 20.4 Å². The first kappa shape index (κ1) is 8.61. The van der Waals surface area contributed by atoms with Crippen LogP contribution in [0, 0.1) is 0 Å². The molecule has 0 heterocycles. The molecule has 0 radical (unpaired) electrons. The van der Waals surface area contributed by atoms with E-state index in [0.717, 1.165) is 12.2 Å². The van der Waals surface area contributed by atoms with E-state index in [4.69, 9.17) is 4.52 Å². The average molecular weight is 171 g/mol. The Morgan fingerprint density at radius 3 is 2.73 bits per heavy atom. The van der Waals surface area contributed by atoms with Gasteiger partial charge in [-0.15, -0.1) is 0 Å². The van der Waals surface area contributed by atoms with Crippen molar-refractivity contribution < 1.29 is 4.52 Å². The van der Waals surface area contributed by atoms with E-state index >= 15 is 0 Å². The highest BCUT2D eigenvalue weighted by Gasteiger charge is 2.08. The van der Waals surface area contributed by atoms with Crippen molar-refractivity contribution in [3.05, 3.63) is 24.0 Å². The fourth-order valence-corrected chi connectivity index (χ4v) is 1.61. The van der Waals surface area contributed by atoms with E-state index in [1.165, 1.54) is 0 Å². The molecule has 1 aliphatic rings. The van der Waals surface area contributed by atoms with Crippen LogP contribution >= 0.6 is 7.28 Å². The van der Waals surface area contributed by atoms with Gasteiger partial charge in [0.05, 0.1) is 0 Å². The highest BCUT2D eigenvalue weighted by molar-refractivity contribution is 7.59. The van der Waals surface area contributed by atoms with E-state index in [1.807, 2.05) is 19.2 Å². The largest absolute Gasteiger partial charge is 0.465 e. The van der Waals surface area contributed by atoms with Crippen molar-refractivity contribution in [1.82, 2.24) is 0 Å². The quantitative estimate of drug-likeness (QED) is 0.585. The molecule has 2 nitrogen and oxygen atoms in total. The van der Waals surface area contributed by atoms with Crippen molar-refractivity contribution in [1.29, 1.82) is 0 Å². The molecule has 0 unspecified atom stereocenters. The van der Waals surface area contributed by atoms with Gasteiger partial charge < -0.3 is 4.52 Å². The Kier molecular flexibility index (Phi) is 2.56. The summed E-state index contributed by atoms with van der Waals surface area (Å²) in [6, 6.07) is 0. The van der Waals surface area contributed by atoms with Gasteiger partial charge in [-0.3, -0.25) is 4.74 Å². The Labute approximate surface area is 68.1 Å². The molecule has 11 heavy (non-hydrogen) atoms. The third-order valence-corrected chi connectivity index (χ3v) is 3.20. The topological polar surface area (TPSA) is 21.6 Å². The summed E-state index contributed by atoms with van der Waals surface area (Å²) >= 11 is 0. The number of hydrogen-bond donors (Lipinski definition) is 0. The van der Waals surface area contributed by atoms with Crippen molar-refractivity contribution in [3.63, 3.8) is 0 Å². The maximum Gasteiger partial charge on any atom is 0.127 e. The Hall–Kier alpha value is -0.490. The summed E-state index contributed by atoms with van der Waals surface area (Å²) < 4.78 is 9.90. The van der Waals surface area contributed by atoms with Crippen LogP contribution in [-0.2, 0) is 4.52 Å². The molecule has 0 bridgehead atoms. The molecule has 0 spiro atoms. The fraction of sp³-hybridized carbons (Fsp3) is 0.500. The summed E-state index contributed by atoms with van der Waals surface area (Å²) in [6.07, 6.45) is 7.04. The molecule has 3 heteroatoms. The van der Waals surface area contributed by atoms with Crippen LogP contribution in [0.3, 0.4) is 0 Å². The fourth-order valence-electron chi connectivity index (χ4n) is 0.823. The normalized spacial score (nSPS) is 16.5. The standard InChI is InChI=1S/C8H14NOP/c1-9-11(2,3)10-8-6-4-5-7-8/h4-6H,7H2,1-3H3. The van der Waals surface area contributed by atoms with Gasteiger partial charge in [0.2, 0.25) is 0 Å². The van der Waals surface area contributed by atoms with Crippen LogP contribution in [0.25, 0.3) is 0 Å². The molecule has 0 aromatic rings. The molecule has 0 N–H and O–H groups in total. The minimum atomic E-state index is -1.46. The molecular formula is C8H14NOP. The van der Waals surface area contributed by atoms with Crippen molar-refractivity contribution in [2.45, 2.75) is 6.42 Å². The van der Waals surface area contributed by atoms with E-state index < -0.39 is 7.28 Å². The summed E-state index contributed by atoms with van der Waals surface area (Å²) in [7, 11) is 0.360. The second-order valence-corrected chi connectivity index (χ2v) is 6.02. The van der Waals surface area contributed by atoms with Gasteiger partial charge in [-0.25, -0.2) is 0 Å². The van der Waals surface area contributed by atoms with Crippen LogP contribution in [0.15, 0.2) is 28.7 Å². The summed E-state index contributed by atoms with van der Waals surface area (Å²) in [5.74, 6) is 1.05. The van der Waals surface area contributed by atoms with Gasteiger partial charge in [-0.2, -0.15) is 0 Å². The number of hydrogen-bond acceptors (Lipinski definition) is 2. The molecule has 0 atom stereocenters. The number of nitrogens with zero attached hydrogens (tertiary/aromatic N) is 1. The van der Waals surface area contributed by atoms with Crippen LogP contribution < -0.4 is 0 Å². The Morgan fingerprint density at radius 2 is 2.27 bits per heavy atom. The molecule has 0 aromatic heterocycles. The molecule has 0 amide bonds. The molecule has 0 aromatic carbocycles. The zero-order valence-electron chi connectivity index (χ0n) is 7.24. The number of rotatable bonds is 2. The van der Waals surface area contributed by atoms with Crippen molar-refractivity contribution in [2.24, 2.45) is 4.74 Å². The molecule has 0 fully saturated rings. The predicted octanol–water partition coefficient (Wildman–Crippen LogP) is 2.85. The Morgan fingerprint density at radius 1 is 1.55 bits per heavy atom. The van der Waals surface area contributed by atoms with Gasteiger partial charge in [0.1, 0.15) is 13.0 Å². The number of allylic oxidation sites excluding steroid dienone is 3. The summed E-state index contributed by atoms with van der Waals surface area (Å²) in [5, 5.41) is 0. The van der Waals surface area contributed by atoms with Crippen LogP contribution in [0.2, 0.25) is 0 Å². The lowest BCUT2D eigenvalue weighted by molar-refractivity contribution is 0.461. The summed E-state index contributed by atoms with van der Waals surface area (Å²) in [5.41, 5.74) is 0. The Balaban J connectivity index is 2.56. The average Bonchev–Trinajstić information content (AvgIpc) is 2.39. The van der Waals surface area contributed by atoms with Gasteiger partial charge in [0.25, 0.3) is 0 Å². The maximum atomic E-state index is 5.69. The second-order valence-electron chi connectivity index (χ2n) is 2.85. The summed E-state index contributed by atoms with van der Waals surface area (Å²) in [6.45, 7) is 4.12. The lowest BCUT2D eigenvalue weighted by Gasteiger charge is -2.16. The summed E-state index contributed by atoms with van der Waals surface area (Å²) in [4.78, 5) is 0. The second kappa shape index (κ2) is 3.27. The van der Waals surface area contributed by atoms with Gasteiger partial charge in [0.15, 0.2) is 0 Å². The zero-order valence-corrected chi connectivity index (χ0v) is 8.14. The molecule has 1 aliphatic carbocycles. The molecule has 1 rings (SSSR count). The highest BCUT2D eigenvalue weighted by Crippen LogP contribution is 2.45. The third-order valence-electron chi connectivity index (χ3n) is 1.56. The highest BCUT2D eigenvalue weighted by atomic mass is 31.2. The van der Waals surface area contributed by atoms with E-state index in [9.17, 15) is 0 Å². The zero-order chi connectivity index (χ0) is 8.32. The molecule has 0 saturated heterocycles. The van der Waals surface area contributed by atoms with E-state index in [-0.39, 0.29) is 0 Å². The van der Waals surface area contributed by atoms with Crippen molar-refractivity contribution in [2.75, 3.05) is 20.4 Å². The molecule has 0 aliphatic heterocycles. The lowest BCUT2D eigenvalue weighted by atomic mass is 10.4. The van der Waals surface area contributed by atoms with Gasteiger partial charge in [-0.1, -0.05) is 12.2 Å². The molecule has 0 saturated carbocycles. The van der Waals surface area contributed by atoms with E-state index in [2.05, 4.69) is 24.2 Å². The van der Waals surface area contributed by atoms with Crippen molar-refractivity contribution >= 4 is 7.28 Å². The van der Waals surface area contributed by atoms with Crippen LogP contribution in [0.5, 0.6) is 0 Å². The lowest BCUT2D eigenvalue weighted by Crippen LogP contribution is -1.85. The van der Waals surface area contributed by atoms with Crippen LogP contribution in [0.1, 0.15) is 6.42 Å². The van der Waals surface area contributed by atoms with Gasteiger partial charge >= 0.3 is 0 Å². The predicted molar refractivity (Wildman–Crippen MR) is 50.0 cm³/mol. The first-order valence-electron chi connectivity index (χ1n) is 3.65. The van der Waals surface area contributed by atoms with Crippen molar-refractivity contribution in [3.8, 4) is 0 Å². The van der Waals surface area contributed by atoms with E-state index in [1.54, 1.807) is 0 Å². The first-order chi connectivity index (χ1) is 5.14. The van der Waals surface area contributed by atoms with Gasteiger partial charge in [0, 0.05) is 26.8 Å². The minimum Gasteiger partial charge on any atom is -0.465 e. The molecule has 62 valence electrons. The first-order valence-corrected chi connectivity index (χ1v) is 6.20. The Bertz CT molecular complexity index is 247. The smallest absolute Gasteiger partial charge is 0.127 e. The maximum absolute atomic E-state index is 5.69. The minimum absolute atomic E-state index is 0.930.